The van der Waals surface area contributed by atoms with Crippen LogP contribution in [0.25, 0.3) is 0 Å². The Labute approximate surface area is 116 Å². The van der Waals surface area contributed by atoms with Crippen LogP contribution in [0.5, 0.6) is 0 Å². The van der Waals surface area contributed by atoms with Crippen molar-refractivity contribution >= 4 is 15.7 Å². The first-order valence-corrected chi connectivity index (χ1v) is 7.20. The second-order valence-corrected chi connectivity index (χ2v) is 5.89. The van der Waals surface area contributed by atoms with E-state index in [1.165, 1.54) is 36.4 Å². The minimum atomic E-state index is -3.80. The highest BCUT2D eigenvalue weighted by molar-refractivity contribution is 7.92. The lowest BCUT2D eigenvalue weighted by Gasteiger charge is -2.09. The lowest BCUT2D eigenvalue weighted by Crippen LogP contribution is -2.13. The Hall–Kier alpha value is -2.39. The molecule has 102 valence electrons. The smallest absolute Gasteiger partial charge is 0.261 e. The molecule has 0 saturated heterocycles. The third-order valence-electron chi connectivity index (χ3n) is 2.71. The third kappa shape index (κ3) is 2.95. The van der Waals surface area contributed by atoms with Gasteiger partial charge in [0.05, 0.1) is 22.2 Å². The van der Waals surface area contributed by atoms with Gasteiger partial charge in [-0.2, -0.15) is 5.26 Å². The van der Waals surface area contributed by atoms with Gasteiger partial charge in [-0.1, -0.05) is 6.07 Å². The summed E-state index contributed by atoms with van der Waals surface area (Å²) in [5.74, 6) is -0.527. The zero-order valence-corrected chi connectivity index (χ0v) is 11.4. The molecule has 0 radical (unpaired) electrons. The minimum absolute atomic E-state index is 0.0262. The van der Waals surface area contributed by atoms with Crippen molar-refractivity contribution in [1.29, 1.82) is 5.26 Å². The summed E-state index contributed by atoms with van der Waals surface area (Å²) in [5, 5.41) is 8.82. The fourth-order valence-corrected chi connectivity index (χ4v) is 2.83. The van der Waals surface area contributed by atoms with E-state index in [1.807, 2.05) is 6.07 Å². The Morgan fingerprint density at radius 1 is 1.20 bits per heavy atom. The summed E-state index contributed by atoms with van der Waals surface area (Å²) in [7, 11) is -3.80. The van der Waals surface area contributed by atoms with E-state index in [2.05, 4.69) is 4.72 Å². The monoisotopic (exact) mass is 290 g/mol. The molecule has 4 nitrogen and oxygen atoms in total. The van der Waals surface area contributed by atoms with Crippen LogP contribution >= 0.6 is 0 Å². The zero-order chi connectivity index (χ0) is 14.8. The first-order valence-electron chi connectivity index (χ1n) is 5.71. The van der Waals surface area contributed by atoms with Gasteiger partial charge < -0.3 is 0 Å². The molecule has 6 heteroatoms. The average Bonchev–Trinajstić information content (AvgIpc) is 2.38. The fraction of sp³-hybridized carbons (Fsp3) is 0.0714. The lowest BCUT2D eigenvalue weighted by molar-refractivity contribution is 0.601. The standard InChI is InChI=1S/C14H11FN2O2S/c1-10-7-14(6-5-11(10)9-16)20(18,19)17-13-4-2-3-12(15)8-13/h2-8,17H,1H3. The van der Waals surface area contributed by atoms with E-state index in [0.717, 1.165) is 6.07 Å². The second kappa shape index (κ2) is 5.31. The van der Waals surface area contributed by atoms with Crippen molar-refractivity contribution in [3.05, 3.63) is 59.4 Å². The van der Waals surface area contributed by atoms with Crippen LogP contribution in [0.1, 0.15) is 11.1 Å². The first kappa shape index (κ1) is 14.0. The van der Waals surface area contributed by atoms with Crippen LogP contribution in [0.4, 0.5) is 10.1 Å². The van der Waals surface area contributed by atoms with Gasteiger partial charge in [0, 0.05) is 0 Å². The molecule has 0 aliphatic carbocycles. The van der Waals surface area contributed by atoms with Gasteiger partial charge in [-0.05, 0) is 48.9 Å². The van der Waals surface area contributed by atoms with Crippen LogP contribution < -0.4 is 4.72 Å². The van der Waals surface area contributed by atoms with Gasteiger partial charge in [0.2, 0.25) is 0 Å². The van der Waals surface area contributed by atoms with E-state index in [9.17, 15) is 12.8 Å². The van der Waals surface area contributed by atoms with E-state index >= 15 is 0 Å². The van der Waals surface area contributed by atoms with Crippen LogP contribution in [0.3, 0.4) is 0 Å². The molecule has 0 aromatic heterocycles. The predicted molar refractivity (Wildman–Crippen MR) is 73.1 cm³/mol. The van der Waals surface area contributed by atoms with Crippen LogP contribution in [0.2, 0.25) is 0 Å². The van der Waals surface area contributed by atoms with Crippen LogP contribution in [-0.4, -0.2) is 8.42 Å². The SMILES string of the molecule is Cc1cc(S(=O)(=O)Nc2cccc(F)c2)ccc1C#N. The number of nitriles is 1. The summed E-state index contributed by atoms with van der Waals surface area (Å²) in [4.78, 5) is 0.0262. The van der Waals surface area contributed by atoms with Crippen molar-refractivity contribution < 1.29 is 12.8 Å². The van der Waals surface area contributed by atoms with Crippen LogP contribution in [0, 0.1) is 24.1 Å². The molecule has 2 rings (SSSR count). The van der Waals surface area contributed by atoms with Crippen molar-refractivity contribution in [2.24, 2.45) is 0 Å². The summed E-state index contributed by atoms with van der Waals surface area (Å²) in [6.45, 7) is 1.65. The van der Waals surface area contributed by atoms with Gasteiger partial charge in [-0.25, -0.2) is 12.8 Å². The Bertz CT molecular complexity index is 795. The maximum atomic E-state index is 13.0. The third-order valence-corrected chi connectivity index (χ3v) is 4.08. The topological polar surface area (TPSA) is 70.0 Å². The highest BCUT2D eigenvalue weighted by Gasteiger charge is 2.15. The van der Waals surface area contributed by atoms with Crippen molar-refractivity contribution in [3.63, 3.8) is 0 Å². The summed E-state index contributed by atoms with van der Waals surface area (Å²) in [5.41, 5.74) is 1.12. The molecule has 0 aliphatic rings. The normalized spacial score (nSPS) is 10.8. The molecule has 0 saturated carbocycles. The molecule has 20 heavy (non-hydrogen) atoms. The fourth-order valence-electron chi connectivity index (χ4n) is 1.69. The molecule has 2 aromatic rings. The minimum Gasteiger partial charge on any atom is -0.280 e. The van der Waals surface area contributed by atoms with Gasteiger partial charge in [0.1, 0.15) is 5.82 Å². The molecule has 2 aromatic carbocycles. The Morgan fingerprint density at radius 3 is 2.55 bits per heavy atom. The molecule has 0 bridgehead atoms. The van der Waals surface area contributed by atoms with Crippen molar-refractivity contribution in [1.82, 2.24) is 0 Å². The van der Waals surface area contributed by atoms with Gasteiger partial charge in [0.25, 0.3) is 10.0 Å². The molecular formula is C14H11FN2O2S. The second-order valence-electron chi connectivity index (χ2n) is 4.20. The van der Waals surface area contributed by atoms with E-state index in [4.69, 9.17) is 5.26 Å². The lowest BCUT2D eigenvalue weighted by atomic mass is 10.1. The summed E-state index contributed by atoms with van der Waals surface area (Å²) < 4.78 is 39.6. The molecule has 0 heterocycles. The summed E-state index contributed by atoms with van der Waals surface area (Å²) >= 11 is 0. The van der Waals surface area contributed by atoms with Gasteiger partial charge >= 0.3 is 0 Å². The molecular weight excluding hydrogens is 279 g/mol. The molecule has 1 N–H and O–H groups in total. The number of rotatable bonds is 3. The number of nitrogens with one attached hydrogen (secondary N) is 1. The maximum absolute atomic E-state index is 13.0. The number of hydrogen-bond acceptors (Lipinski definition) is 3. The quantitative estimate of drug-likeness (QED) is 0.945. The Kier molecular flexibility index (Phi) is 3.72. The van der Waals surface area contributed by atoms with E-state index in [-0.39, 0.29) is 10.6 Å². The Morgan fingerprint density at radius 2 is 1.95 bits per heavy atom. The van der Waals surface area contributed by atoms with Crippen molar-refractivity contribution in [3.8, 4) is 6.07 Å². The van der Waals surface area contributed by atoms with E-state index in [0.29, 0.717) is 11.1 Å². The maximum Gasteiger partial charge on any atom is 0.261 e. The molecule has 0 amide bonds. The molecule has 0 unspecified atom stereocenters. The first-order chi connectivity index (χ1) is 9.42. The van der Waals surface area contributed by atoms with Gasteiger partial charge in [-0.15, -0.1) is 0 Å². The number of halogens is 1. The number of aryl methyl sites for hydroxylation is 1. The molecule has 0 spiro atoms. The number of hydrogen-bond donors (Lipinski definition) is 1. The van der Waals surface area contributed by atoms with E-state index in [1.54, 1.807) is 6.92 Å². The number of nitrogens with zero attached hydrogens (tertiary/aromatic N) is 1. The largest absolute Gasteiger partial charge is 0.280 e. The molecule has 0 fully saturated rings. The number of anilines is 1. The highest BCUT2D eigenvalue weighted by Crippen LogP contribution is 2.19. The van der Waals surface area contributed by atoms with Gasteiger partial charge in [-0.3, -0.25) is 4.72 Å². The number of benzene rings is 2. The van der Waals surface area contributed by atoms with Crippen molar-refractivity contribution in [2.75, 3.05) is 4.72 Å². The average molecular weight is 290 g/mol. The van der Waals surface area contributed by atoms with Crippen molar-refractivity contribution in [2.45, 2.75) is 11.8 Å². The molecule has 0 atom stereocenters. The Balaban J connectivity index is 2.36. The number of sulfonamides is 1. The predicted octanol–water partition coefficient (Wildman–Crippen LogP) is 2.81. The molecule has 0 aliphatic heterocycles. The highest BCUT2D eigenvalue weighted by atomic mass is 32.2. The van der Waals surface area contributed by atoms with E-state index < -0.39 is 15.8 Å². The summed E-state index contributed by atoms with van der Waals surface area (Å²) in [6, 6.07) is 11.3. The van der Waals surface area contributed by atoms with Crippen LogP contribution in [-0.2, 0) is 10.0 Å². The van der Waals surface area contributed by atoms with Crippen LogP contribution in [0.15, 0.2) is 47.4 Å². The zero-order valence-electron chi connectivity index (χ0n) is 10.6. The van der Waals surface area contributed by atoms with Gasteiger partial charge in [0.15, 0.2) is 0 Å². The summed E-state index contributed by atoms with van der Waals surface area (Å²) in [6.07, 6.45) is 0.